The number of aromatic nitrogens is 5. The SMILES string of the molecule is CC(=O)c1nnc2nc(C)nn2c1C. The van der Waals surface area contributed by atoms with Crippen molar-refractivity contribution in [2.75, 3.05) is 0 Å². The van der Waals surface area contributed by atoms with Gasteiger partial charge in [-0.25, -0.2) is 0 Å². The van der Waals surface area contributed by atoms with Crippen molar-refractivity contribution in [2.45, 2.75) is 20.8 Å². The third kappa shape index (κ3) is 1.15. The molecule has 14 heavy (non-hydrogen) atoms. The van der Waals surface area contributed by atoms with Gasteiger partial charge in [0.25, 0.3) is 5.78 Å². The van der Waals surface area contributed by atoms with E-state index in [-0.39, 0.29) is 5.78 Å². The highest BCUT2D eigenvalue weighted by Crippen LogP contribution is 2.05. The summed E-state index contributed by atoms with van der Waals surface area (Å²) in [7, 11) is 0. The van der Waals surface area contributed by atoms with Crippen molar-refractivity contribution in [3.05, 3.63) is 17.2 Å². The monoisotopic (exact) mass is 191 g/mol. The fraction of sp³-hybridized carbons (Fsp3) is 0.375. The molecule has 0 bridgehead atoms. The molecule has 0 aliphatic heterocycles. The maximum atomic E-state index is 11.2. The number of hydrogen-bond donors (Lipinski definition) is 0. The summed E-state index contributed by atoms with van der Waals surface area (Å²) in [5.74, 6) is 0.915. The summed E-state index contributed by atoms with van der Waals surface area (Å²) in [6, 6.07) is 0. The highest BCUT2D eigenvalue weighted by molar-refractivity contribution is 5.93. The average molecular weight is 191 g/mol. The van der Waals surface area contributed by atoms with E-state index in [0.717, 1.165) is 0 Å². The van der Waals surface area contributed by atoms with Crippen LogP contribution in [0.5, 0.6) is 0 Å². The number of hydrogen-bond acceptors (Lipinski definition) is 5. The van der Waals surface area contributed by atoms with Gasteiger partial charge in [-0.2, -0.15) is 9.50 Å². The molecule has 0 atom stereocenters. The second-order valence-corrected chi connectivity index (χ2v) is 3.06. The van der Waals surface area contributed by atoms with E-state index in [1.165, 1.54) is 11.4 Å². The van der Waals surface area contributed by atoms with E-state index in [0.29, 0.717) is 23.0 Å². The molecule has 0 aliphatic carbocycles. The lowest BCUT2D eigenvalue weighted by Crippen LogP contribution is -2.09. The molecule has 0 aromatic carbocycles. The quantitative estimate of drug-likeness (QED) is 0.607. The molecule has 2 aromatic heterocycles. The van der Waals surface area contributed by atoms with Crippen LogP contribution in [0.25, 0.3) is 5.78 Å². The van der Waals surface area contributed by atoms with E-state index in [4.69, 9.17) is 0 Å². The molecule has 0 radical (unpaired) electrons. The zero-order chi connectivity index (χ0) is 10.3. The number of aryl methyl sites for hydroxylation is 2. The Labute approximate surface area is 80.0 Å². The van der Waals surface area contributed by atoms with Crippen LogP contribution in [0, 0.1) is 13.8 Å². The van der Waals surface area contributed by atoms with Gasteiger partial charge in [-0.1, -0.05) is 0 Å². The maximum Gasteiger partial charge on any atom is 0.272 e. The Hall–Kier alpha value is -1.85. The summed E-state index contributed by atoms with van der Waals surface area (Å²) in [5, 5.41) is 11.7. The molecule has 2 aromatic rings. The van der Waals surface area contributed by atoms with E-state index in [1.54, 1.807) is 13.8 Å². The lowest BCUT2D eigenvalue weighted by molar-refractivity contribution is 0.101. The lowest BCUT2D eigenvalue weighted by atomic mass is 10.2. The zero-order valence-corrected chi connectivity index (χ0v) is 8.14. The van der Waals surface area contributed by atoms with Crippen LogP contribution in [0.3, 0.4) is 0 Å². The topological polar surface area (TPSA) is 73.0 Å². The van der Waals surface area contributed by atoms with Crippen LogP contribution in [-0.4, -0.2) is 30.6 Å². The molecule has 0 unspecified atom stereocenters. The van der Waals surface area contributed by atoms with E-state index in [2.05, 4.69) is 20.3 Å². The number of Topliss-reactive ketones (excluding diaryl/α,β-unsaturated/α-hetero) is 1. The average Bonchev–Trinajstić information content (AvgIpc) is 2.46. The first-order valence-electron chi connectivity index (χ1n) is 4.17. The molecule has 0 amide bonds. The standard InChI is InChI=1S/C8H9N5O/c1-4-7(5(2)14)10-11-8-9-6(3)12-13(4)8/h1-3H3. The van der Waals surface area contributed by atoms with Crippen LogP contribution in [-0.2, 0) is 0 Å². The minimum absolute atomic E-state index is 0.120. The van der Waals surface area contributed by atoms with E-state index < -0.39 is 0 Å². The minimum atomic E-state index is -0.120. The lowest BCUT2D eigenvalue weighted by Gasteiger charge is -1.99. The van der Waals surface area contributed by atoms with Gasteiger partial charge in [-0.05, 0) is 13.8 Å². The highest BCUT2D eigenvalue weighted by atomic mass is 16.1. The van der Waals surface area contributed by atoms with E-state index >= 15 is 0 Å². The predicted molar refractivity (Wildman–Crippen MR) is 48.1 cm³/mol. The summed E-state index contributed by atoms with van der Waals surface area (Å²) in [5.41, 5.74) is 1.01. The van der Waals surface area contributed by atoms with Crippen molar-refractivity contribution < 1.29 is 4.79 Å². The molecule has 0 saturated heterocycles. The van der Waals surface area contributed by atoms with Crippen molar-refractivity contribution in [2.24, 2.45) is 0 Å². The zero-order valence-electron chi connectivity index (χ0n) is 8.14. The first-order chi connectivity index (χ1) is 6.59. The molecule has 6 nitrogen and oxygen atoms in total. The number of rotatable bonds is 1. The Morgan fingerprint density at radius 1 is 1.29 bits per heavy atom. The van der Waals surface area contributed by atoms with Gasteiger partial charge in [0, 0.05) is 6.92 Å². The number of carbonyl (C=O) groups excluding carboxylic acids is 1. The highest BCUT2D eigenvalue weighted by Gasteiger charge is 2.12. The summed E-state index contributed by atoms with van der Waals surface area (Å²) < 4.78 is 1.53. The Morgan fingerprint density at radius 2 is 2.00 bits per heavy atom. The van der Waals surface area contributed by atoms with Crippen LogP contribution >= 0.6 is 0 Å². The number of nitrogens with zero attached hydrogens (tertiary/aromatic N) is 5. The molecular weight excluding hydrogens is 182 g/mol. The predicted octanol–water partition coefficient (Wildman–Crippen LogP) is 0.339. The molecule has 0 N–H and O–H groups in total. The summed E-state index contributed by atoms with van der Waals surface area (Å²) in [6.45, 7) is 4.99. The van der Waals surface area contributed by atoms with Gasteiger partial charge in [-0.3, -0.25) is 4.79 Å². The van der Waals surface area contributed by atoms with Crippen LogP contribution in [0.4, 0.5) is 0 Å². The number of ketones is 1. The van der Waals surface area contributed by atoms with Crippen LogP contribution in [0.15, 0.2) is 0 Å². The molecule has 2 rings (SSSR count). The second-order valence-electron chi connectivity index (χ2n) is 3.06. The van der Waals surface area contributed by atoms with Gasteiger partial charge in [0.2, 0.25) is 0 Å². The van der Waals surface area contributed by atoms with Gasteiger partial charge >= 0.3 is 0 Å². The van der Waals surface area contributed by atoms with Gasteiger partial charge in [0.05, 0.1) is 5.69 Å². The van der Waals surface area contributed by atoms with Crippen molar-refractivity contribution in [1.82, 2.24) is 24.8 Å². The van der Waals surface area contributed by atoms with Gasteiger partial charge in [-0.15, -0.1) is 15.3 Å². The van der Waals surface area contributed by atoms with Crippen LogP contribution < -0.4 is 0 Å². The molecule has 2 heterocycles. The maximum absolute atomic E-state index is 11.2. The van der Waals surface area contributed by atoms with Gasteiger partial charge in [0.1, 0.15) is 11.5 Å². The normalized spacial score (nSPS) is 10.8. The molecular formula is C8H9N5O. The Morgan fingerprint density at radius 3 is 2.64 bits per heavy atom. The molecule has 6 heteroatoms. The van der Waals surface area contributed by atoms with Crippen molar-refractivity contribution in [3.8, 4) is 0 Å². The van der Waals surface area contributed by atoms with Crippen LogP contribution in [0.1, 0.15) is 28.9 Å². The molecule has 0 saturated carbocycles. The molecule has 0 aliphatic rings. The van der Waals surface area contributed by atoms with E-state index in [9.17, 15) is 4.79 Å². The number of fused-ring (bicyclic) bond motifs is 1. The molecule has 72 valence electrons. The van der Waals surface area contributed by atoms with Crippen molar-refractivity contribution >= 4 is 11.6 Å². The largest absolute Gasteiger partial charge is 0.293 e. The third-order valence-electron chi connectivity index (χ3n) is 1.93. The Kier molecular flexibility index (Phi) is 1.77. The first-order valence-corrected chi connectivity index (χ1v) is 4.17. The van der Waals surface area contributed by atoms with E-state index in [1.807, 2.05) is 0 Å². The van der Waals surface area contributed by atoms with Crippen molar-refractivity contribution in [3.63, 3.8) is 0 Å². The van der Waals surface area contributed by atoms with Crippen molar-refractivity contribution in [1.29, 1.82) is 0 Å². The summed E-state index contributed by atoms with van der Waals surface area (Å²) >= 11 is 0. The molecule has 0 fully saturated rings. The fourth-order valence-electron chi connectivity index (χ4n) is 1.29. The minimum Gasteiger partial charge on any atom is -0.293 e. The van der Waals surface area contributed by atoms with Crippen LogP contribution in [0.2, 0.25) is 0 Å². The first kappa shape index (κ1) is 8.74. The van der Waals surface area contributed by atoms with Gasteiger partial charge < -0.3 is 0 Å². The smallest absolute Gasteiger partial charge is 0.272 e. The second kappa shape index (κ2) is 2.83. The summed E-state index contributed by atoms with van der Waals surface area (Å²) in [6.07, 6.45) is 0. The Balaban J connectivity index is 2.80. The third-order valence-corrected chi connectivity index (χ3v) is 1.93. The Bertz CT molecular complexity index is 516. The fourth-order valence-corrected chi connectivity index (χ4v) is 1.29. The van der Waals surface area contributed by atoms with Gasteiger partial charge in [0.15, 0.2) is 5.78 Å². The summed E-state index contributed by atoms with van der Waals surface area (Å²) in [4.78, 5) is 15.2. The number of carbonyl (C=O) groups is 1. The molecule has 0 spiro atoms.